The second-order valence-electron chi connectivity index (χ2n) is 4.65. The highest BCUT2D eigenvalue weighted by Gasteiger charge is 2.10. The third kappa shape index (κ3) is 3.89. The first-order valence-electron chi connectivity index (χ1n) is 6.55. The molecule has 20 heavy (non-hydrogen) atoms. The molecule has 2 aromatic carbocycles. The van der Waals surface area contributed by atoms with E-state index in [1.54, 1.807) is 0 Å². The van der Waals surface area contributed by atoms with Gasteiger partial charge in [0.25, 0.3) is 0 Å². The van der Waals surface area contributed by atoms with Crippen LogP contribution in [-0.2, 0) is 0 Å². The molecule has 0 unspecified atom stereocenters. The fourth-order valence-electron chi connectivity index (χ4n) is 2.44. The molecule has 1 N–H and O–H groups in total. The third-order valence-electron chi connectivity index (χ3n) is 3.44. The third-order valence-corrected chi connectivity index (χ3v) is 3.44. The van der Waals surface area contributed by atoms with Gasteiger partial charge in [0.2, 0.25) is 0 Å². The van der Waals surface area contributed by atoms with Gasteiger partial charge in [-0.3, -0.25) is 0 Å². The number of nitrogens with one attached hydrogen (secondary N) is 1. The molecule has 1 fully saturated rings. The van der Waals surface area contributed by atoms with E-state index in [2.05, 4.69) is 64.8 Å². The van der Waals surface area contributed by atoms with Crippen LogP contribution in [0.15, 0.2) is 54.6 Å². The maximum atomic E-state index is 3.39. The highest BCUT2D eigenvalue weighted by Crippen LogP contribution is 2.24. The molecule has 1 aliphatic rings. The van der Waals surface area contributed by atoms with Crippen LogP contribution in [0.4, 0.5) is 5.69 Å². The molecule has 108 valence electrons. The molecule has 2 aromatic rings. The lowest BCUT2D eigenvalue weighted by Crippen LogP contribution is -2.43. The smallest absolute Gasteiger partial charge is 0.0373 e. The highest BCUT2D eigenvalue weighted by atomic mass is 35.5. The van der Waals surface area contributed by atoms with Crippen LogP contribution in [0.3, 0.4) is 0 Å². The van der Waals surface area contributed by atoms with Crippen molar-refractivity contribution in [2.45, 2.75) is 0 Å². The van der Waals surface area contributed by atoms with Gasteiger partial charge in [-0.2, -0.15) is 0 Å². The average Bonchev–Trinajstić information content (AvgIpc) is 2.49. The molecule has 1 heterocycles. The summed E-state index contributed by atoms with van der Waals surface area (Å²) in [7, 11) is 0. The standard InChI is InChI=1S/C16H18N2.2ClH/c1-2-5-14(6-3-1)15-7-4-8-16(13-15)18-11-9-17-10-12-18;;/h1-8,13,17H,9-12H2;2*1H. The van der Waals surface area contributed by atoms with E-state index in [4.69, 9.17) is 0 Å². The topological polar surface area (TPSA) is 15.3 Å². The summed E-state index contributed by atoms with van der Waals surface area (Å²) >= 11 is 0. The molecular formula is C16H20Cl2N2. The van der Waals surface area contributed by atoms with Gasteiger partial charge < -0.3 is 10.2 Å². The number of benzene rings is 2. The molecule has 1 saturated heterocycles. The van der Waals surface area contributed by atoms with Gasteiger partial charge in [0.1, 0.15) is 0 Å². The van der Waals surface area contributed by atoms with Crippen LogP contribution in [-0.4, -0.2) is 26.2 Å². The minimum atomic E-state index is 0. The molecule has 4 heteroatoms. The fraction of sp³-hybridized carbons (Fsp3) is 0.250. The lowest BCUT2D eigenvalue weighted by Gasteiger charge is -2.29. The van der Waals surface area contributed by atoms with Gasteiger partial charge in [-0.1, -0.05) is 42.5 Å². The molecule has 0 aliphatic carbocycles. The highest BCUT2D eigenvalue weighted by molar-refractivity contribution is 5.85. The van der Waals surface area contributed by atoms with Crippen molar-refractivity contribution in [3.63, 3.8) is 0 Å². The van der Waals surface area contributed by atoms with E-state index in [0.29, 0.717) is 0 Å². The van der Waals surface area contributed by atoms with Crippen molar-refractivity contribution in [2.75, 3.05) is 31.1 Å². The summed E-state index contributed by atoms with van der Waals surface area (Å²) in [5.74, 6) is 0. The Bertz CT molecular complexity index is 511. The molecule has 0 atom stereocenters. The Hall–Kier alpha value is -1.22. The molecule has 0 bridgehead atoms. The lowest BCUT2D eigenvalue weighted by molar-refractivity contribution is 0.589. The van der Waals surface area contributed by atoms with E-state index < -0.39 is 0 Å². The Morgan fingerprint density at radius 2 is 1.40 bits per heavy atom. The van der Waals surface area contributed by atoms with Gasteiger partial charge >= 0.3 is 0 Å². The molecule has 0 aromatic heterocycles. The van der Waals surface area contributed by atoms with Gasteiger partial charge in [-0.05, 0) is 23.3 Å². The Kier molecular flexibility index (Phi) is 6.86. The van der Waals surface area contributed by atoms with Crippen LogP contribution in [0, 0.1) is 0 Å². The number of nitrogens with zero attached hydrogens (tertiary/aromatic N) is 1. The average molecular weight is 311 g/mol. The van der Waals surface area contributed by atoms with Crippen molar-refractivity contribution in [2.24, 2.45) is 0 Å². The summed E-state index contributed by atoms with van der Waals surface area (Å²) in [6, 6.07) is 19.4. The van der Waals surface area contributed by atoms with Crippen LogP contribution in [0.5, 0.6) is 0 Å². The van der Waals surface area contributed by atoms with E-state index in [1.807, 2.05) is 0 Å². The molecule has 0 amide bonds. The largest absolute Gasteiger partial charge is 0.369 e. The predicted octanol–water partition coefficient (Wildman–Crippen LogP) is 3.61. The first kappa shape index (κ1) is 16.8. The zero-order chi connectivity index (χ0) is 12.2. The number of halogens is 2. The van der Waals surface area contributed by atoms with Crippen LogP contribution in [0.25, 0.3) is 11.1 Å². The Balaban J connectivity index is 0.000001000. The van der Waals surface area contributed by atoms with Crippen molar-refractivity contribution in [3.8, 4) is 11.1 Å². The SMILES string of the molecule is Cl.Cl.c1ccc(-c2cccc(N3CCNCC3)c2)cc1. The number of hydrogen-bond donors (Lipinski definition) is 1. The van der Waals surface area contributed by atoms with Crippen LogP contribution < -0.4 is 10.2 Å². The molecule has 1 aliphatic heterocycles. The van der Waals surface area contributed by atoms with Gasteiger partial charge in [0.15, 0.2) is 0 Å². The Morgan fingerprint density at radius 3 is 2.10 bits per heavy atom. The maximum Gasteiger partial charge on any atom is 0.0373 e. The zero-order valence-corrected chi connectivity index (χ0v) is 12.9. The molecule has 3 rings (SSSR count). The quantitative estimate of drug-likeness (QED) is 0.911. The van der Waals surface area contributed by atoms with Crippen LogP contribution in [0.2, 0.25) is 0 Å². The number of piperazine rings is 1. The summed E-state index contributed by atoms with van der Waals surface area (Å²) in [5, 5.41) is 3.39. The summed E-state index contributed by atoms with van der Waals surface area (Å²) in [6.45, 7) is 4.35. The molecule has 0 spiro atoms. The second-order valence-corrected chi connectivity index (χ2v) is 4.65. The number of anilines is 1. The molecule has 2 nitrogen and oxygen atoms in total. The summed E-state index contributed by atoms with van der Waals surface area (Å²) in [4.78, 5) is 2.45. The molecule has 0 radical (unpaired) electrons. The van der Waals surface area contributed by atoms with Gasteiger partial charge in [-0.15, -0.1) is 24.8 Å². The van der Waals surface area contributed by atoms with Crippen LogP contribution in [0.1, 0.15) is 0 Å². The van der Waals surface area contributed by atoms with E-state index in [-0.39, 0.29) is 24.8 Å². The van der Waals surface area contributed by atoms with Crippen molar-refractivity contribution in [1.29, 1.82) is 0 Å². The van der Waals surface area contributed by atoms with E-state index >= 15 is 0 Å². The predicted molar refractivity (Wildman–Crippen MR) is 91.5 cm³/mol. The molecular weight excluding hydrogens is 291 g/mol. The van der Waals surface area contributed by atoms with Gasteiger partial charge in [0.05, 0.1) is 0 Å². The first-order chi connectivity index (χ1) is 8.93. The van der Waals surface area contributed by atoms with Crippen LogP contribution >= 0.6 is 24.8 Å². The monoisotopic (exact) mass is 310 g/mol. The number of rotatable bonds is 2. The normalized spacial score (nSPS) is 14.1. The van der Waals surface area contributed by atoms with Crippen molar-refractivity contribution < 1.29 is 0 Å². The minimum Gasteiger partial charge on any atom is -0.369 e. The van der Waals surface area contributed by atoms with Gasteiger partial charge in [0, 0.05) is 31.9 Å². The first-order valence-corrected chi connectivity index (χ1v) is 6.55. The Morgan fingerprint density at radius 1 is 0.750 bits per heavy atom. The summed E-state index contributed by atoms with van der Waals surface area (Å²) in [6.07, 6.45) is 0. The Labute approximate surface area is 133 Å². The fourth-order valence-corrected chi connectivity index (χ4v) is 2.44. The van der Waals surface area contributed by atoms with E-state index in [0.717, 1.165) is 26.2 Å². The molecule has 0 saturated carbocycles. The van der Waals surface area contributed by atoms with Gasteiger partial charge in [-0.25, -0.2) is 0 Å². The van der Waals surface area contributed by atoms with E-state index in [1.165, 1.54) is 16.8 Å². The lowest BCUT2D eigenvalue weighted by atomic mass is 10.0. The minimum absolute atomic E-state index is 0. The van der Waals surface area contributed by atoms with Crippen molar-refractivity contribution in [1.82, 2.24) is 5.32 Å². The zero-order valence-electron chi connectivity index (χ0n) is 11.3. The van der Waals surface area contributed by atoms with Crippen molar-refractivity contribution in [3.05, 3.63) is 54.6 Å². The second kappa shape index (κ2) is 8.15. The maximum absolute atomic E-state index is 3.39. The summed E-state index contributed by atoms with van der Waals surface area (Å²) in [5.41, 5.74) is 3.92. The summed E-state index contributed by atoms with van der Waals surface area (Å²) < 4.78 is 0. The van der Waals surface area contributed by atoms with E-state index in [9.17, 15) is 0 Å². The van der Waals surface area contributed by atoms with Crippen molar-refractivity contribution >= 4 is 30.5 Å². The number of hydrogen-bond acceptors (Lipinski definition) is 2.